The van der Waals surface area contributed by atoms with Crippen LogP contribution in [-0.2, 0) is 16.6 Å². The monoisotopic (exact) mass is 623 g/mol. The van der Waals surface area contributed by atoms with Crippen molar-refractivity contribution >= 4 is 28.3 Å². The van der Waals surface area contributed by atoms with Gasteiger partial charge >= 0.3 is 0 Å². The summed E-state index contributed by atoms with van der Waals surface area (Å²) in [5, 5.41) is 8.89. The molecule has 10 heteroatoms. The van der Waals surface area contributed by atoms with Gasteiger partial charge in [-0.15, -0.1) is 0 Å². The van der Waals surface area contributed by atoms with Gasteiger partial charge in [-0.3, -0.25) is 4.79 Å². The maximum absolute atomic E-state index is 14.0. The van der Waals surface area contributed by atoms with E-state index in [0.717, 1.165) is 107 Å². The van der Waals surface area contributed by atoms with Crippen LogP contribution in [0.15, 0.2) is 83.9 Å². The topological polar surface area (TPSA) is 113 Å². The van der Waals surface area contributed by atoms with Gasteiger partial charge in [0.25, 0.3) is 5.91 Å². The average Bonchev–Trinajstić information content (AvgIpc) is 3.50. The molecule has 1 saturated carbocycles. The third-order valence-electron chi connectivity index (χ3n) is 10.2. The molecular weight excluding hydrogens is 590 g/mol. The van der Waals surface area contributed by atoms with Gasteiger partial charge in [0.1, 0.15) is 17.7 Å². The minimum Gasteiger partial charge on any atom is -0.378 e. The Kier molecular flexibility index (Phi) is 6.46. The van der Waals surface area contributed by atoms with E-state index in [2.05, 4.69) is 80.6 Å². The SMILES string of the molecule is Cc1c(-c2ncnc3[nH]c(-c4ccc(N5CCOCC5)cc4)cc23)cccc1N1CCc2cc(C3(c4cnon4)CC3)ccc2C1=O. The minimum atomic E-state index is -0.145. The summed E-state index contributed by atoms with van der Waals surface area (Å²) >= 11 is 0. The number of H-pyrrole nitrogens is 1. The van der Waals surface area contributed by atoms with E-state index in [9.17, 15) is 4.79 Å². The van der Waals surface area contributed by atoms with Gasteiger partial charge in [0, 0.05) is 58.6 Å². The van der Waals surface area contributed by atoms with Crippen molar-refractivity contribution in [1.29, 1.82) is 0 Å². The Morgan fingerprint density at radius 3 is 2.55 bits per heavy atom. The normalized spacial score (nSPS) is 17.3. The largest absolute Gasteiger partial charge is 0.378 e. The van der Waals surface area contributed by atoms with Gasteiger partial charge in [-0.1, -0.05) is 46.7 Å². The van der Waals surface area contributed by atoms with E-state index in [1.807, 2.05) is 23.1 Å². The number of nitrogens with one attached hydrogen (secondary N) is 1. The van der Waals surface area contributed by atoms with Gasteiger partial charge in [-0.2, -0.15) is 0 Å². The highest BCUT2D eigenvalue weighted by Crippen LogP contribution is 2.53. The molecule has 0 unspecified atom stereocenters. The highest BCUT2D eigenvalue weighted by atomic mass is 16.6. The summed E-state index contributed by atoms with van der Waals surface area (Å²) in [5.74, 6) is 0.0169. The van der Waals surface area contributed by atoms with Crippen LogP contribution in [0.4, 0.5) is 11.4 Å². The first kappa shape index (κ1) is 27.9. The second-order valence-corrected chi connectivity index (χ2v) is 12.7. The first-order valence-corrected chi connectivity index (χ1v) is 16.2. The summed E-state index contributed by atoms with van der Waals surface area (Å²) in [5.41, 5.74) is 11.5. The Labute approximate surface area is 271 Å². The van der Waals surface area contributed by atoms with Crippen molar-refractivity contribution in [2.75, 3.05) is 42.6 Å². The maximum atomic E-state index is 14.0. The van der Waals surface area contributed by atoms with Crippen LogP contribution in [-0.4, -0.2) is 64.0 Å². The molecule has 1 aliphatic carbocycles. The Morgan fingerprint density at radius 2 is 1.77 bits per heavy atom. The molecule has 0 spiro atoms. The molecule has 6 aromatic rings. The lowest BCUT2D eigenvalue weighted by Gasteiger charge is -2.31. The lowest BCUT2D eigenvalue weighted by molar-refractivity contribution is 0.0980. The van der Waals surface area contributed by atoms with Crippen molar-refractivity contribution in [2.45, 2.75) is 31.6 Å². The molecule has 3 aromatic carbocycles. The first-order chi connectivity index (χ1) is 23.1. The van der Waals surface area contributed by atoms with Crippen LogP contribution in [0, 0.1) is 6.92 Å². The highest BCUT2D eigenvalue weighted by molar-refractivity contribution is 6.09. The number of ether oxygens (including phenoxy) is 1. The van der Waals surface area contributed by atoms with E-state index in [1.54, 1.807) is 12.5 Å². The van der Waals surface area contributed by atoms with Crippen LogP contribution in [0.5, 0.6) is 0 Å². The van der Waals surface area contributed by atoms with Gasteiger partial charge in [-0.25, -0.2) is 14.6 Å². The fourth-order valence-electron chi connectivity index (χ4n) is 7.36. The molecule has 234 valence electrons. The fraction of sp³-hybridized carbons (Fsp3) is 0.270. The fourth-order valence-corrected chi connectivity index (χ4v) is 7.36. The van der Waals surface area contributed by atoms with Crippen LogP contribution in [0.25, 0.3) is 33.5 Å². The van der Waals surface area contributed by atoms with E-state index in [-0.39, 0.29) is 11.3 Å². The number of hydrogen-bond acceptors (Lipinski definition) is 8. The Balaban J connectivity index is 1.01. The Morgan fingerprint density at radius 1 is 0.915 bits per heavy atom. The zero-order chi connectivity index (χ0) is 31.5. The van der Waals surface area contributed by atoms with Crippen molar-refractivity contribution in [3.05, 3.63) is 107 Å². The summed E-state index contributed by atoms with van der Waals surface area (Å²) in [6, 6.07) is 23.1. The minimum absolute atomic E-state index is 0.0169. The number of rotatable bonds is 6. The quantitative estimate of drug-likeness (QED) is 0.237. The molecule has 47 heavy (non-hydrogen) atoms. The van der Waals surface area contributed by atoms with E-state index in [4.69, 9.17) is 14.3 Å². The van der Waals surface area contributed by atoms with Crippen LogP contribution in [0.2, 0.25) is 0 Å². The average molecular weight is 624 g/mol. The third-order valence-corrected chi connectivity index (χ3v) is 10.2. The van der Waals surface area contributed by atoms with E-state index in [1.165, 1.54) is 11.3 Å². The number of fused-ring (bicyclic) bond motifs is 2. The van der Waals surface area contributed by atoms with Crippen molar-refractivity contribution in [3.63, 3.8) is 0 Å². The number of benzene rings is 3. The summed E-state index contributed by atoms with van der Waals surface area (Å²) in [6.07, 6.45) is 6.10. The van der Waals surface area contributed by atoms with Gasteiger partial charge in [0.05, 0.1) is 25.1 Å². The number of anilines is 2. The first-order valence-electron chi connectivity index (χ1n) is 16.2. The molecule has 2 aliphatic heterocycles. The van der Waals surface area contributed by atoms with Gasteiger partial charge in [-0.05, 0) is 78.8 Å². The molecule has 9 rings (SSSR count). The molecular formula is C37H33N7O3. The smallest absolute Gasteiger partial charge is 0.258 e. The number of carbonyl (C=O) groups excluding carboxylic acids is 1. The van der Waals surface area contributed by atoms with E-state index >= 15 is 0 Å². The molecule has 1 amide bonds. The summed E-state index contributed by atoms with van der Waals surface area (Å²) in [7, 11) is 0. The molecule has 5 heterocycles. The van der Waals surface area contributed by atoms with Crippen molar-refractivity contribution in [1.82, 2.24) is 25.3 Å². The molecule has 0 bridgehead atoms. The number of morpholine rings is 1. The number of carbonyl (C=O) groups is 1. The summed E-state index contributed by atoms with van der Waals surface area (Å²) in [6.45, 7) is 6.01. The van der Waals surface area contributed by atoms with Crippen molar-refractivity contribution < 1.29 is 14.2 Å². The molecule has 0 radical (unpaired) electrons. The number of aromatic amines is 1. The molecule has 1 saturated heterocycles. The van der Waals surface area contributed by atoms with E-state index < -0.39 is 0 Å². The van der Waals surface area contributed by atoms with Crippen molar-refractivity contribution in [3.8, 4) is 22.5 Å². The van der Waals surface area contributed by atoms with Crippen LogP contribution in [0.1, 0.15) is 45.6 Å². The number of amides is 1. The van der Waals surface area contributed by atoms with Crippen molar-refractivity contribution in [2.24, 2.45) is 0 Å². The summed E-state index contributed by atoms with van der Waals surface area (Å²) < 4.78 is 10.4. The standard InChI is InChI=1S/C37H33N7O3/c1-23-28(34-30-20-31(41-35(30)39-22-38-34)24-5-8-27(9-6-24)43-15-17-46-18-16-43)3-2-4-32(23)44-14-11-25-19-26(7-10-29(25)36(44)45)37(12-13-37)33-21-40-47-42-33/h2-10,19-22H,11-18H2,1H3,(H,38,39,41). The summed E-state index contributed by atoms with van der Waals surface area (Å²) in [4.78, 5) is 31.0. The Hall–Kier alpha value is -5.35. The van der Waals surface area contributed by atoms with Crippen LogP contribution < -0.4 is 9.80 Å². The molecule has 0 atom stereocenters. The van der Waals surface area contributed by atoms with Gasteiger partial charge in [0.2, 0.25) is 0 Å². The Bertz CT molecular complexity index is 2130. The zero-order valence-electron chi connectivity index (χ0n) is 26.1. The molecule has 10 nitrogen and oxygen atoms in total. The zero-order valence-corrected chi connectivity index (χ0v) is 26.1. The number of hydrogen-bond donors (Lipinski definition) is 1. The number of nitrogens with zero attached hydrogens (tertiary/aromatic N) is 6. The van der Waals surface area contributed by atoms with Gasteiger partial charge < -0.3 is 19.5 Å². The number of aromatic nitrogens is 5. The third kappa shape index (κ3) is 4.62. The molecule has 3 aliphatic rings. The lowest BCUT2D eigenvalue weighted by atomic mass is 9.87. The van der Waals surface area contributed by atoms with Crippen LogP contribution in [0.3, 0.4) is 0 Å². The second-order valence-electron chi connectivity index (χ2n) is 12.7. The highest BCUT2D eigenvalue weighted by Gasteiger charge is 2.49. The van der Waals surface area contributed by atoms with E-state index in [0.29, 0.717) is 6.54 Å². The molecule has 2 fully saturated rings. The predicted octanol–water partition coefficient (Wildman–Crippen LogP) is 6.10. The second kappa shape index (κ2) is 10.9. The molecule has 3 aromatic heterocycles. The van der Waals surface area contributed by atoms with Gasteiger partial charge in [0.15, 0.2) is 0 Å². The van der Waals surface area contributed by atoms with Crippen LogP contribution >= 0.6 is 0 Å². The lowest BCUT2D eigenvalue weighted by Crippen LogP contribution is -2.38. The molecule has 1 N–H and O–H groups in total. The predicted molar refractivity (Wildman–Crippen MR) is 179 cm³/mol. The maximum Gasteiger partial charge on any atom is 0.258 e.